The molecule has 0 saturated carbocycles. The van der Waals surface area contributed by atoms with Gasteiger partial charge in [-0.15, -0.1) is 0 Å². The monoisotopic (exact) mass is 337 g/mol. The minimum atomic E-state index is -4.55. The first kappa shape index (κ1) is 13.9. The van der Waals surface area contributed by atoms with Crippen molar-refractivity contribution in [1.29, 1.82) is 0 Å². The van der Waals surface area contributed by atoms with Gasteiger partial charge in [0.15, 0.2) is 5.70 Å². The molecule has 9 heteroatoms. The van der Waals surface area contributed by atoms with E-state index in [2.05, 4.69) is 25.9 Å². The molecular weight excluding hydrogens is 327 g/mol. The van der Waals surface area contributed by atoms with Crippen LogP contribution in [-0.4, -0.2) is 33.0 Å². The Morgan fingerprint density at radius 2 is 2.16 bits per heavy atom. The van der Waals surface area contributed by atoms with Crippen LogP contribution in [0.15, 0.2) is 27.7 Å². The molecule has 2 rings (SSSR count). The van der Waals surface area contributed by atoms with E-state index in [1.807, 2.05) is 0 Å². The summed E-state index contributed by atoms with van der Waals surface area (Å²) < 4.78 is 40.0. The zero-order valence-corrected chi connectivity index (χ0v) is 11.5. The average Bonchev–Trinajstić information content (AvgIpc) is 2.68. The van der Waals surface area contributed by atoms with E-state index in [4.69, 9.17) is 5.73 Å². The highest BCUT2D eigenvalue weighted by molar-refractivity contribution is 9.11. The van der Waals surface area contributed by atoms with Crippen molar-refractivity contribution in [1.82, 2.24) is 14.5 Å². The zero-order valence-electron chi connectivity index (χ0n) is 9.95. The Bertz CT molecular complexity index is 546. The predicted molar refractivity (Wildman–Crippen MR) is 67.2 cm³/mol. The van der Waals surface area contributed by atoms with Gasteiger partial charge in [0.25, 0.3) is 0 Å². The van der Waals surface area contributed by atoms with E-state index in [0.29, 0.717) is 5.82 Å². The molecule has 0 saturated heterocycles. The van der Waals surface area contributed by atoms with E-state index in [1.54, 1.807) is 24.0 Å². The Morgan fingerprint density at radius 1 is 1.47 bits per heavy atom. The van der Waals surface area contributed by atoms with Crippen LogP contribution in [0, 0.1) is 0 Å². The first-order chi connectivity index (χ1) is 8.79. The van der Waals surface area contributed by atoms with Gasteiger partial charge in [0.2, 0.25) is 0 Å². The van der Waals surface area contributed by atoms with Gasteiger partial charge < -0.3 is 15.2 Å². The fraction of sp³-hybridized carbons (Fsp3) is 0.400. The Morgan fingerprint density at radius 3 is 2.68 bits per heavy atom. The van der Waals surface area contributed by atoms with Gasteiger partial charge in [-0.2, -0.15) is 13.2 Å². The first-order valence-corrected chi connectivity index (χ1v) is 6.09. The minimum Gasteiger partial charge on any atom is -0.386 e. The number of aryl methyl sites for hydroxylation is 1. The number of allylic oxidation sites excluding steroid dienone is 1. The van der Waals surface area contributed by atoms with Gasteiger partial charge in [-0.25, -0.2) is 9.98 Å². The molecule has 5 nitrogen and oxygen atoms in total. The number of nitrogens with two attached hydrogens (primary N) is 1. The molecule has 1 aromatic rings. The molecule has 19 heavy (non-hydrogen) atoms. The second-order valence-electron chi connectivity index (χ2n) is 4.05. The number of aliphatic imine (C=N–C) groups is 1. The van der Waals surface area contributed by atoms with Crippen molar-refractivity contribution in [2.45, 2.75) is 12.7 Å². The summed E-state index contributed by atoms with van der Waals surface area (Å²) in [5.74, 6) is 0.554. The molecular formula is C10H11BrF3N5. The summed E-state index contributed by atoms with van der Waals surface area (Å²) in [6.45, 7) is 0.326. The minimum absolute atomic E-state index is 0.0789. The lowest BCUT2D eigenvalue weighted by atomic mass is 10.3. The van der Waals surface area contributed by atoms with Crippen molar-refractivity contribution in [2.24, 2.45) is 17.8 Å². The average molecular weight is 338 g/mol. The maximum absolute atomic E-state index is 12.8. The van der Waals surface area contributed by atoms with E-state index < -0.39 is 11.9 Å². The molecule has 0 aliphatic carbocycles. The van der Waals surface area contributed by atoms with E-state index >= 15 is 0 Å². The number of hydrogen-bond acceptors (Lipinski definition) is 4. The maximum atomic E-state index is 12.8. The topological polar surface area (TPSA) is 59.4 Å². The van der Waals surface area contributed by atoms with Crippen LogP contribution >= 0.6 is 15.9 Å². The maximum Gasteiger partial charge on any atom is 0.436 e. The van der Waals surface area contributed by atoms with Crippen LogP contribution in [0.4, 0.5) is 13.2 Å². The zero-order chi connectivity index (χ0) is 14.2. The summed E-state index contributed by atoms with van der Waals surface area (Å²) in [6, 6.07) is 0. The van der Waals surface area contributed by atoms with Gasteiger partial charge in [0, 0.05) is 19.4 Å². The summed E-state index contributed by atoms with van der Waals surface area (Å²) in [6.07, 6.45) is -1.25. The van der Waals surface area contributed by atoms with Crippen molar-refractivity contribution in [3.63, 3.8) is 0 Å². The molecule has 0 radical (unpaired) electrons. The molecule has 0 atom stereocenters. The van der Waals surface area contributed by atoms with Crippen molar-refractivity contribution in [3.8, 4) is 0 Å². The third kappa shape index (κ3) is 2.91. The number of imidazole rings is 1. The quantitative estimate of drug-likeness (QED) is 0.836. The molecule has 2 heterocycles. The molecule has 1 aromatic heterocycles. The molecule has 104 valence electrons. The third-order valence-electron chi connectivity index (χ3n) is 2.60. The van der Waals surface area contributed by atoms with E-state index in [1.165, 1.54) is 4.90 Å². The molecule has 1 aliphatic heterocycles. The Labute approximate surface area is 115 Å². The van der Waals surface area contributed by atoms with Crippen LogP contribution in [0.2, 0.25) is 0 Å². The second kappa shape index (κ2) is 4.87. The summed E-state index contributed by atoms with van der Waals surface area (Å²) >= 11 is 2.94. The standard InChI is InChI=1S/C10H11BrF3N5/c1-18-3-2-16-7(18)5-19-4-6(15)17-8(9(19)11)10(12,13)14/h2-3H,4-5H2,1H3,(H2,15,17). The number of nitrogens with zero attached hydrogens (tertiary/aromatic N) is 4. The molecule has 0 amide bonds. The molecule has 0 spiro atoms. The number of halogens is 4. The number of amidine groups is 1. The smallest absolute Gasteiger partial charge is 0.386 e. The summed E-state index contributed by atoms with van der Waals surface area (Å²) in [4.78, 5) is 8.88. The van der Waals surface area contributed by atoms with Crippen molar-refractivity contribution >= 4 is 21.8 Å². The highest BCUT2D eigenvalue weighted by atomic mass is 79.9. The van der Waals surface area contributed by atoms with Crippen LogP contribution in [0.1, 0.15) is 5.82 Å². The second-order valence-corrected chi connectivity index (χ2v) is 4.80. The molecule has 2 N–H and O–H groups in total. The Kier molecular flexibility index (Phi) is 3.57. The van der Waals surface area contributed by atoms with Crippen LogP contribution in [0.5, 0.6) is 0 Å². The van der Waals surface area contributed by atoms with Crippen molar-refractivity contribution < 1.29 is 13.2 Å². The first-order valence-electron chi connectivity index (χ1n) is 5.30. The van der Waals surface area contributed by atoms with Gasteiger partial charge in [0.05, 0.1) is 13.1 Å². The lowest BCUT2D eigenvalue weighted by molar-refractivity contribution is -0.0941. The lowest BCUT2D eigenvalue weighted by Gasteiger charge is -2.28. The Balaban J connectivity index is 2.30. The van der Waals surface area contributed by atoms with Crippen LogP contribution in [0.25, 0.3) is 0 Å². The fourth-order valence-electron chi connectivity index (χ4n) is 1.67. The molecule has 0 aromatic carbocycles. The lowest BCUT2D eigenvalue weighted by Crippen LogP contribution is -2.38. The van der Waals surface area contributed by atoms with Gasteiger partial charge in [0.1, 0.15) is 16.3 Å². The van der Waals surface area contributed by atoms with Crippen LogP contribution in [-0.2, 0) is 13.6 Å². The van der Waals surface area contributed by atoms with E-state index in [-0.39, 0.29) is 23.5 Å². The Hall–Kier alpha value is -1.51. The third-order valence-corrected chi connectivity index (χ3v) is 3.48. The SMILES string of the molecule is Cn1ccnc1CN1CC(N)=NC(C(F)(F)F)=C1Br. The van der Waals surface area contributed by atoms with Crippen LogP contribution in [0.3, 0.4) is 0 Å². The normalized spacial score (nSPS) is 16.9. The highest BCUT2D eigenvalue weighted by Crippen LogP contribution is 2.35. The molecule has 1 aliphatic rings. The van der Waals surface area contributed by atoms with Gasteiger partial charge >= 0.3 is 6.18 Å². The molecule has 0 bridgehead atoms. The fourth-order valence-corrected chi connectivity index (χ4v) is 2.23. The van der Waals surface area contributed by atoms with E-state index in [9.17, 15) is 13.2 Å². The number of alkyl halides is 3. The van der Waals surface area contributed by atoms with E-state index in [0.717, 1.165) is 0 Å². The number of hydrogen-bond donors (Lipinski definition) is 1. The summed E-state index contributed by atoms with van der Waals surface area (Å²) in [5.41, 5.74) is 4.44. The summed E-state index contributed by atoms with van der Waals surface area (Å²) in [7, 11) is 1.77. The predicted octanol–water partition coefficient (Wildman–Crippen LogP) is 1.72. The van der Waals surface area contributed by atoms with Crippen LogP contribution < -0.4 is 5.73 Å². The largest absolute Gasteiger partial charge is 0.436 e. The number of aromatic nitrogens is 2. The van der Waals surface area contributed by atoms with Gasteiger partial charge in [-0.05, 0) is 15.9 Å². The van der Waals surface area contributed by atoms with Gasteiger partial charge in [-0.3, -0.25) is 0 Å². The van der Waals surface area contributed by atoms with Gasteiger partial charge in [-0.1, -0.05) is 0 Å². The number of rotatable bonds is 2. The highest BCUT2D eigenvalue weighted by Gasteiger charge is 2.40. The van der Waals surface area contributed by atoms with Crippen molar-refractivity contribution in [2.75, 3.05) is 6.54 Å². The molecule has 0 fully saturated rings. The molecule has 0 unspecified atom stereocenters. The van der Waals surface area contributed by atoms with Crippen molar-refractivity contribution in [3.05, 3.63) is 28.5 Å². The summed E-state index contributed by atoms with van der Waals surface area (Å²) in [5, 5.41) is 0.